The van der Waals surface area contributed by atoms with E-state index in [-0.39, 0.29) is 17.3 Å². The molecule has 0 saturated heterocycles. The van der Waals surface area contributed by atoms with Crippen molar-refractivity contribution in [2.24, 2.45) is 0 Å². The quantitative estimate of drug-likeness (QED) is 0.199. The molecule has 0 unspecified atom stereocenters. The highest BCUT2D eigenvalue weighted by Gasteiger charge is 2.19. The molecule has 1 aromatic heterocycles. The number of amides is 1. The van der Waals surface area contributed by atoms with Crippen molar-refractivity contribution in [2.75, 3.05) is 26.5 Å². The summed E-state index contributed by atoms with van der Waals surface area (Å²) in [6, 6.07) is 19.7. The van der Waals surface area contributed by atoms with Crippen molar-refractivity contribution in [3.05, 3.63) is 82.4 Å². The topological polar surface area (TPSA) is 109 Å². The summed E-state index contributed by atoms with van der Waals surface area (Å²) in [6.45, 7) is 0.501. The number of benzene rings is 3. The Labute approximate surface area is 206 Å². The normalized spacial score (nSPS) is 10.8. The first-order valence-electron chi connectivity index (χ1n) is 10.8. The van der Waals surface area contributed by atoms with E-state index >= 15 is 0 Å². The largest absolute Gasteiger partial charge is 0.497 e. The summed E-state index contributed by atoms with van der Waals surface area (Å²) in [5.41, 5.74) is 2.93. The number of imidazole rings is 1. The van der Waals surface area contributed by atoms with Crippen LogP contribution < -0.4 is 14.8 Å². The molecular formula is C25H24N4O5S. The number of non-ortho nitro benzene ring substituents is 1. The van der Waals surface area contributed by atoms with E-state index in [4.69, 9.17) is 9.47 Å². The molecule has 0 aliphatic carbocycles. The fourth-order valence-electron chi connectivity index (χ4n) is 3.62. The van der Waals surface area contributed by atoms with E-state index in [0.717, 1.165) is 17.0 Å². The Morgan fingerprint density at radius 2 is 1.86 bits per heavy atom. The summed E-state index contributed by atoms with van der Waals surface area (Å²) < 4.78 is 12.5. The molecular weight excluding hydrogens is 468 g/mol. The molecule has 9 nitrogen and oxygen atoms in total. The molecule has 35 heavy (non-hydrogen) atoms. The van der Waals surface area contributed by atoms with E-state index in [1.54, 1.807) is 20.3 Å². The molecule has 0 aliphatic rings. The molecule has 0 bridgehead atoms. The van der Waals surface area contributed by atoms with Crippen LogP contribution in [0.15, 0.2) is 71.9 Å². The van der Waals surface area contributed by atoms with Crippen molar-refractivity contribution in [3.8, 4) is 17.2 Å². The third-order valence-electron chi connectivity index (χ3n) is 5.37. The molecule has 0 radical (unpaired) electrons. The Hall–Kier alpha value is -4.05. The number of ether oxygens (including phenoxy) is 2. The average Bonchev–Trinajstić information content (AvgIpc) is 3.25. The van der Waals surface area contributed by atoms with Gasteiger partial charge in [0.15, 0.2) is 5.16 Å². The highest BCUT2D eigenvalue weighted by molar-refractivity contribution is 7.99. The number of rotatable bonds is 10. The molecule has 4 aromatic rings. The van der Waals surface area contributed by atoms with Crippen LogP contribution in [-0.2, 0) is 11.2 Å². The average molecular weight is 493 g/mol. The smallest absolute Gasteiger partial charge is 0.271 e. The van der Waals surface area contributed by atoms with Gasteiger partial charge in [0.25, 0.3) is 5.69 Å². The van der Waals surface area contributed by atoms with Gasteiger partial charge in [0.05, 0.1) is 41.6 Å². The number of hydrogen-bond acceptors (Lipinski definition) is 7. The van der Waals surface area contributed by atoms with E-state index in [1.807, 2.05) is 53.1 Å². The Balaban J connectivity index is 1.51. The van der Waals surface area contributed by atoms with Crippen molar-refractivity contribution < 1.29 is 19.2 Å². The van der Waals surface area contributed by atoms with E-state index in [2.05, 4.69) is 10.3 Å². The third kappa shape index (κ3) is 5.55. The predicted molar refractivity (Wildman–Crippen MR) is 135 cm³/mol. The molecule has 180 valence electrons. The second-order valence-corrected chi connectivity index (χ2v) is 8.51. The monoisotopic (exact) mass is 492 g/mol. The SMILES string of the molecule is COc1ccc(CCNC(=O)CSc2nc3cc([N+](=O)[O-])ccc3n2-c2ccccc2OC)cc1. The standard InChI is InChI=1S/C25H24N4O5S/c1-33-19-10-7-17(8-11-19)13-14-26-24(30)16-35-25-27-20-15-18(29(31)32)9-12-21(20)28(25)22-5-3-4-6-23(22)34-2/h3-12,15H,13-14,16H2,1-2H3,(H,26,30). The molecule has 0 spiro atoms. The minimum Gasteiger partial charge on any atom is -0.497 e. The number of carbonyl (C=O) groups is 1. The third-order valence-corrected chi connectivity index (χ3v) is 6.31. The molecule has 10 heteroatoms. The van der Waals surface area contributed by atoms with Crippen molar-refractivity contribution in [2.45, 2.75) is 11.6 Å². The zero-order valence-corrected chi connectivity index (χ0v) is 20.1. The molecule has 0 fully saturated rings. The van der Waals surface area contributed by atoms with Gasteiger partial charge >= 0.3 is 0 Å². The second kappa shape index (κ2) is 10.9. The number of thioether (sulfide) groups is 1. The highest BCUT2D eigenvalue weighted by Crippen LogP contribution is 2.33. The number of hydrogen-bond donors (Lipinski definition) is 1. The number of methoxy groups -OCH3 is 2. The molecule has 1 heterocycles. The number of aromatic nitrogens is 2. The first kappa shape index (κ1) is 24.1. The number of nitrogens with one attached hydrogen (secondary N) is 1. The van der Waals surface area contributed by atoms with E-state index < -0.39 is 4.92 Å². The van der Waals surface area contributed by atoms with E-state index in [0.29, 0.717) is 34.9 Å². The van der Waals surface area contributed by atoms with Gasteiger partial charge in [-0.25, -0.2) is 4.98 Å². The first-order chi connectivity index (χ1) is 17.0. The molecule has 1 amide bonds. The Morgan fingerprint density at radius 1 is 1.09 bits per heavy atom. The number of nitro benzene ring substituents is 1. The second-order valence-electron chi connectivity index (χ2n) is 7.57. The summed E-state index contributed by atoms with van der Waals surface area (Å²) in [5.74, 6) is 1.42. The maximum Gasteiger partial charge on any atom is 0.271 e. The van der Waals surface area contributed by atoms with E-state index in [9.17, 15) is 14.9 Å². The van der Waals surface area contributed by atoms with Gasteiger partial charge in [-0.2, -0.15) is 0 Å². The Morgan fingerprint density at radius 3 is 2.57 bits per heavy atom. The number of para-hydroxylation sites is 2. The van der Waals surface area contributed by atoms with Crippen molar-refractivity contribution in [3.63, 3.8) is 0 Å². The maximum atomic E-state index is 12.5. The molecule has 0 saturated carbocycles. The zero-order valence-electron chi connectivity index (χ0n) is 19.3. The number of fused-ring (bicyclic) bond motifs is 1. The lowest BCUT2D eigenvalue weighted by molar-refractivity contribution is -0.384. The number of nitrogens with zero attached hydrogens (tertiary/aromatic N) is 3. The van der Waals surface area contributed by atoms with Crippen LogP contribution in [0.1, 0.15) is 5.56 Å². The fraction of sp³-hybridized carbons (Fsp3) is 0.200. The highest BCUT2D eigenvalue weighted by atomic mass is 32.2. The summed E-state index contributed by atoms with van der Waals surface area (Å²) >= 11 is 1.26. The van der Waals surface area contributed by atoms with Gasteiger partial charge in [0.2, 0.25) is 5.91 Å². The van der Waals surface area contributed by atoms with Crippen LogP contribution >= 0.6 is 11.8 Å². The summed E-state index contributed by atoms with van der Waals surface area (Å²) in [5, 5.41) is 14.7. The first-order valence-corrected chi connectivity index (χ1v) is 11.8. The van der Waals surface area contributed by atoms with Crippen LogP contribution in [0.4, 0.5) is 5.69 Å². The van der Waals surface area contributed by atoms with E-state index in [1.165, 1.54) is 23.9 Å². The summed E-state index contributed by atoms with van der Waals surface area (Å²) in [7, 11) is 3.20. The van der Waals surface area contributed by atoms with Crippen LogP contribution in [-0.4, -0.2) is 46.9 Å². The van der Waals surface area contributed by atoms with Gasteiger partial charge in [-0.1, -0.05) is 36.0 Å². The van der Waals surface area contributed by atoms with Crippen molar-refractivity contribution in [1.29, 1.82) is 0 Å². The minimum atomic E-state index is -0.454. The van der Waals surface area contributed by atoms with Crippen LogP contribution in [0.2, 0.25) is 0 Å². The lowest BCUT2D eigenvalue weighted by atomic mass is 10.1. The van der Waals surface area contributed by atoms with Gasteiger partial charge in [0.1, 0.15) is 11.5 Å². The fourth-order valence-corrected chi connectivity index (χ4v) is 4.47. The zero-order chi connectivity index (χ0) is 24.8. The van der Waals surface area contributed by atoms with Crippen LogP contribution in [0.5, 0.6) is 11.5 Å². The number of nitro groups is 1. The summed E-state index contributed by atoms with van der Waals surface area (Å²) in [4.78, 5) is 27.9. The molecule has 3 aromatic carbocycles. The maximum absolute atomic E-state index is 12.5. The van der Waals surface area contributed by atoms with Crippen LogP contribution in [0, 0.1) is 10.1 Å². The lowest BCUT2D eigenvalue weighted by Crippen LogP contribution is -2.27. The van der Waals surface area contributed by atoms with Crippen LogP contribution in [0.3, 0.4) is 0 Å². The predicted octanol–water partition coefficient (Wildman–Crippen LogP) is 4.40. The Bertz CT molecular complexity index is 1350. The van der Waals surface area contributed by atoms with Crippen LogP contribution in [0.25, 0.3) is 16.7 Å². The van der Waals surface area contributed by atoms with Gasteiger partial charge in [-0.3, -0.25) is 19.5 Å². The van der Waals surface area contributed by atoms with Gasteiger partial charge in [-0.05, 0) is 42.3 Å². The van der Waals surface area contributed by atoms with Crippen molar-refractivity contribution in [1.82, 2.24) is 14.9 Å². The minimum absolute atomic E-state index is 0.0463. The molecule has 0 atom stereocenters. The van der Waals surface area contributed by atoms with Gasteiger partial charge in [-0.15, -0.1) is 0 Å². The van der Waals surface area contributed by atoms with Gasteiger partial charge < -0.3 is 14.8 Å². The summed E-state index contributed by atoms with van der Waals surface area (Å²) in [6.07, 6.45) is 0.698. The molecule has 1 N–H and O–H groups in total. The lowest BCUT2D eigenvalue weighted by Gasteiger charge is -2.13. The molecule has 4 rings (SSSR count). The number of carbonyl (C=O) groups excluding carboxylic acids is 1. The Kier molecular flexibility index (Phi) is 7.51. The molecule has 0 aliphatic heterocycles. The van der Waals surface area contributed by atoms with Gasteiger partial charge in [0, 0.05) is 18.7 Å². The van der Waals surface area contributed by atoms with Crippen molar-refractivity contribution >= 4 is 34.4 Å².